The number of methoxy groups -OCH3 is 1. The Labute approximate surface area is 131 Å². The lowest BCUT2D eigenvalue weighted by Crippen LogP contribution is -2.15. The Balaban J connectivity index is 2.01. The number of hydrogen-bond donors (Lipinski definition) is 0. The summed E-state index contributed by atoms with van der Waals surface area (Å²) in [6.07, 6.45) is 0. The number of ether oxygens (including phenoxy) is 3. The lowest BCUT2D eigenvalue weighted by atomic mass is 10.1. The van der Waals surface area contributed by atoms with Crippen LogP contribution in [-0.2, 0) is 0 Å². The summed E-state index contributed by atoms with van der Waals surface area (Å²) >= 11 is 14.4. The Morgan fingerprint density at radius 1 is 1.25 bits per heavy atom. The fraction of sp³-hybridized carbons (Fsp3) is 0.286. The van der Waals surface area contributed by atoms with Crippen molar-refractivity contribution in [3.8, 4) is 17.2 Å². The number of halogens is 2. The first-order valence-electron chi connectivity index (χ1n) is 6.05. The van der Waals surface area contributed by atoms with Crippen molar-refractivity contribution in [3.63, 3.8) is 0 Å². The number of thiophene rings is 1. The van der Waals surface area contributed by atoms with Gasteiger partial charge in [-0.25, -0.2) is 0 Å². The molecule has 0 bridgehead atoms. The molecule has 0 saturated heterocycles. The Morgan fingerprint density at radius 2 is 1.95 bits per heavy atom. The van der Waals surface area contributed by atoms with E-state index in [1.165, 1.54) is 11.3 Å². The Bertz CT molecular complexity index is 627. The van der Waals surface area contributed by atoms with Crippen LogP contribution in [-0.4, -0.2) is 20.3 Å². The highest BCUT2D eigenvalue weighted by Gasteiger charge is 2.23. The van der Waals surface area contributed by atoms with E-state index in [-0.39, 0.29) is 5.38 Å². The molecule has 1 aliphatic heterocycles. The van der Waals surface area contributed by atoms with Crippen LogP contribution in [0.25, 0.3) is 0 Å². The van der Waals surface area contributed by atoms with E-state index in [1.807, 2.05) is 17.5 Å². The molecule has 20 heavy (non-hydrogen) atoms. The zero-order valence-electron chi connectivity index (χ0n) is 10.7. The SMILES string of the molecule is COc1ccsc1C(Cl)c1cc2c(cc1Cl)OCCO2. The van der Waals surface area contributed by atoms with Gasteiger partial charge in [-0.15, -0.1) is 22.9 Å². The Kier molecular flexibility index (Phi) is 3.96. The number of benzene rings is 1. The van der Waals surface area contributed by atoms with Gasteiger partial charge in [0.15, 0.2) is 11.5 Å². The maximum absolute atomic E-state index is 6.55. The smallest absolute Gasteiger partial charge is 0.162 e. The van der Waals surface area contributed by atoms with Gasteiger partial charge in [-0.3, -0.25) is 0 Å². The van der Waals surface area contributed by atoms with Crippen molar-refractivity contribution in [2.75, 3.05) is 20.3 Å². The standard InChI is InChI=1S/C14H12Cl2O3S/c1-17-10-2-5-20-14(10)13(16)8-6-11-12(7-9(8)15)19-4-3-18-11/h2,5-7,13H,3-4H2,1H3. The van der Waals surface area contributed by atoms with Gasteiger partial charge in [0.25, 0.3) is 0 Å². The minimum Gasteiger partial charge on any atom is -0.496 e. The summed E-state index contributed by atoms with van der Waals surface area (Å²) in [4.78, 5) is 0.924. The van der Waals surface area contributed by atoms with E-state index in [0.717, 1.165) is 16.2 Å². The molecule has 0 spiro atoms. The molecule has 3 nitrogen and oxygen atoms in total. The van der Waals surface area contributed by atoms with Crippen molar-refractivity contribution in [1.29, 1.82) is 0 Å². The summed E-state index contributed by atoms with van der Waals surface area (Å²) in [6.45, 7) is 1.06. The van der Waals surface area contributed by atoms with E-state index in [4.69, 9.17) is 37.4 Å². The summed E-state index contributed by atoms with van der Waals surface area (Å²) in [6, 6.07) is 5.48. The molecule has 0 fully saturated rings. The molecule has 2 heterocycles. The van der Waals surface area contributed by atoms with Crippen LogP contribution in [0.4, 0.5) is 0 Å². The molecule has 1 aliphatic rings. The van der Waals surface area contributed by atoms with E-state index in [1.54, 1.807) is 13.2 Å². The molecule has 1 aromatic carbocycles. The number of fused-ring (bicyclic) bond motifs is 1. The van der Waals surface area contributed by atoms with E-state index < -0.39 is 0 Å². The van der Waals surface area contributed by atoms with E-state index in [9.17, 15) is 0 Å². The van der Waals surface area contributed by atoms with Gasteiger partial charge >= 0.3 is 0 Å². The maximum atomic E-state index is 6.55. The summed E-state index contributed by atoms with van der Waals surface area (Å²) in [5.74, 6) is 2.10. The molecule has 0 radical (unpaired) electrons. The third-order valence-corrected chi connectivity index (χ3v) is 4.91. The predicted octanol–water partition coefficient (Wildman–Crippen LogP) is 4.51. The van der Waals surface area contributed by atoms with Crippen LogP contribution in [0, 0.1) is 0 Å². The minimum atomic E-state index is -0.381. The highest BCUT2D eigenvalue weighted by atomic mass is 35.5. The van der Waals surface area contributed by atoms with Crippen LogP contribution in [0.3, 0.4) is 0 Å². The van der Waals surface area contributed by atoms with Crippen LogP contribution in [0.15, 0.2) is 23.6 Å². The minimum absolute atomic E-state index is 0.381. The van der Waals surface area contributed by atoms with Gasteiger partial charge < -0.3 is 14.2 Å². The van der Waals surface area contributed by atoms with Gasteiger partial charge in [0, 0.05) is 11.1 Å². The van der Waals surface area contributed by atoms with E-state index in [0.29, 0.717) is 29.7 Å². The van der Waals surface area contributed by atoms with Crippen molar-refractivity contribution < 1.29 is 14.2 Å². The summed E-state index contributed by atoms with van der Waals surface area (Å²) in [5.41, 5.74) is 0.790. The van der Waals surface area contributed by atoms with Gasteiger partial charge in [0.1, 0.15) is 19.0 Å². The fourth-order valence-corrected chi connectivity index (χ4v) is 3.69. The van der Waals surface area contributed by atoms with Crippen LogP contribution in [0.1, 0.15) is 15.8 Å². The lowest BCUT2D eigenvalue weighted by molar-refractivity contribution is 0.171. The monoisotopic (exact) mass is 330 g/mol. The Morgan fingerprint density at radius 3 is 2.65 bits per heavy atom. The van der Waals surface area contributed by atoms with Crippen molar-refractivity contribution >= 4 is 34.5 Å². The molecule has 0 aliphatic carbocycles. The third-order valence-electron chi connectivity index (χ3n) is 3.04. The van der Waals surface area contributed by atoms with Crippen molar-refractivity contribution in [1.82, 2.24) is 0 Å². The number of rotatable bonds is 3. The topological polar surface area (TPSA) is 27.7 Å². The van der Waals surface area contributed by atoms with E-state index >= 15 is 0 Å². The number of alkyl halides is 1. The molecular weight excluding hydrogens is 319 g/mol. The van der Waals surface area contributed by atoms with Crippen LogP contribution in [0.2, 0.25) is 5.02 Å². The predicted molar refractivity (Wildman–Crippen MR) is 81.0 cm³/mol. The van der Waals surface area contributed by atoms with Crippen LogP contribution in [0.5, 0.6) is 17.2 Å². The molecule has 0 saturated carbocycles. The number of hydrogen-bond acceptors (Lipinski definition) is 4. The second-order valence-corrected chi connectivity index (χ2v) is 6.02. The van der Waals surface area contributed by atoms with Crippen molar-refractivity contribution in [2.24, 2.45) is 0 Å². The molecule has 0 N–H and O–H groups in total. The molecule has 0 amide bonds. The zero-order chi connectivity index (χ0) is 14.1. The third kappa shape index (κ3) is 2.43. The summed E-state index contributed by atoms with van der Waals surface area (Å²) in [5, 5.41) is 2.12. The quantitative estimate of drug-likeness (QED) is 0.775. The summed E-state index contributed by atoms with van der Waals surface area (Å²) in [7, 11) is 1.63. The first-order chi connectivity index (χ1) is 9.70. The second-order valence-electron chi connectivity index (χ2n) is 4.23. The van der Waals surface area contributed by atoms with Gasteiger partial charge in [-0.1, -0.05) is 11.6 Å². The molecule has 3 rings (SSSR count). The first kappa shape index (κ1) is 13.9. The molecular formula is C14H12Cl2O3S. The average molecular weight is 331 g/mol. The van der Waals surface area contributed by atoms with Crippen molar-refractivity contribution in [3.05, 3.63) is 39.0 Å². The Hall–Kier alpha value is -1.10. The first-order valence-corrected chi connectivity index (χ1v) is 7.74. The molecule has 1 unspecified atom stereocenters. The highest BCUT2D eigenvalue weighted by molar-refractivity contribution is 7.10. The molecule has 106 valence electrons. The van der Waals surface area contributed by atoms with Crippen LogP contribution < -0.4 is 14.2 Å². The normalized spacial score (nSPS) is 14.9. The summed E-state index contributed by atoms with van der Waals surface area (Å²) < 4.78 is 16.4. The van der Waals surface area contributed by atoms with Gasteiger partial charge in [-0.2, -0.15) is 0 Å². The maximum Gasteiger partial charge on any atom is 0.162 e. The van der Waals surface area contributed by atoms with Crippen molar-refractivity contribution in [2.45, 2.75) is 5.38 Å². The van der Waals surface area contributed by atoms with Gasteiger partial charge in [-0.05, 0) is 23.1 Å². The molecule has 2 aromatic rings. The zero-order valence-corrected chi connectivity index (χ0v) is 13.0. The molecule has 6 heteroatoms. The average Bonchev–Trinajstić information content (AvgIpc) is 2.94. The van der Waals surface area contributed by atoms with Crippen LogP contribution >= 0.6 is 34.5 Å². The van der Waals surface area contributed by atoms with Gasteiger partial charge in [0.05, 0.1) is 17.4 Å². The van der Waals surface area contributed by atoms with Gasteiger partial charge in [0.2, 0.25) is 0 Å². The lowest BCUT2D eigenvalue weighted by Gasteiger charge is -2.21. The highest BCUT2D eigenvalue weighted by Crippen LogP contribution is 2.45. The fourth-order valence-electron chi connectivity index (χ4n) is 2.08. The molecule has 1 atom stereocenters. The largest absolute Gasteiger partial charge is 0.496 e. The molecule has 1 aromatic heterocycles. The second kappa shape index (κ2) is 5.72. The van der Waals surface area contributed by atoms with E-state index in [2.05, 4.69) is 0 Å².